The van der Waals surface area contributed by atoms with Gasteiger partial charge in [0.15, 0.2) is 0 Å². The van der Waals surface area contributed by atoms with Crippen LogP contribution in [0.1, 0.15) is 18.9 Å². The molecule has 0 spiro atoms. The number of esters is 1. The van der Waals surface area contributed by atoms with Crippen LogP contribution >= 0.6 is 0 Å². The molecule has 1 aliphatic heterocycles. The maximum absolute atomic E-state index is 11.1. The van der Waals surface area contributed by atoms with Crippen LogP contribution in [-0.2, 0) is 20.9 Å². The molecule has 2 atom stereocenters. The molecule has 0 bridgehead atoms. The van der Waals surface area contributed by atoms with E-state index in [2.05, 4.69) is 0 Å². The van der Waals surface area contributed by atoms with Gasteiger partial charge in [-0.1, -0.05) is 43.3 Å². The highest BCUT2D eigenvalue weighted by Gasteiger charge is 2.22. The predicted molar refractivity (Wildman–Crippen MR) is 68.9 cm³/mol. The molecule has 3 heteroatoms. The van der Waals surface area contributed by atoms with Crippen molar-refractivity contribution >= 4 is 5.97 Å². The standard InChI is InChI=1S/C15H18O3/c1-12(14-8-5-9-15(16)18-14)10-17-11-13-6-3-2-4-7-13/h2-7,9,12,14H,8,10-11H2,1H3/t12-,14+/m1/s1. The summed E-state index contributed by atoms with van der Waals surface area (Å²) in [4.78, 5) is 11.1. The lowest BCUT2D eigenvalue weighted by Gasteiger charge is -2.24. The molecule has 1 heterocycles. The summed E-state index contributed by atoms with van der Waals surface area (Å²) >= 11 is 0. The molecule has 2 rings (SSSR count). The van der Waals surface area contributed by atoms with Gasteiger partial charge >= 0.3 is 5.97 Å². The summed E-state index contributed by atoms with van der Waals surface area (Å²) in [6.45, 7) is 3.24. The fourth-order valence-corrected chi connectivity index (χ4v) is 1.93. The van der Waals surface area contributed by atoms with Crippen LogP contribution in [0.2, 0.25) is 0 Å². The second kappa shape index (κ2) is 6.36. The van der Waals surface area contributed by atoms with Crippen LogP contribution in [-0.4, -0.2) is 18.7 Å². The van der Waals surface area contributed by atoms with Crippen molar-refractivity contribution in [1.29, 1.82) is 0 Å². The molecule has 18 heavy (non-hydrogen) atoms. The van der Waals surface area contributed by atoms with Gasteiger partial charge in [-0.3, -0.25) is 0 Å². The molecule has 1 aromatic carbocycles. The van der Waals surface area contributed by atoms with Gasteiger partial charge in [-0.05, 0) is 5.56 Å². The Morgan fingerprint density at radius 3 is 2.89 bits per heavy atom. The molecule has 1 aliphatic rings. The second-order valence-electron chi connectivity index (χ2n) is 4.59. The van der Waals surface area contributed by atoms with Crippen LogP contribution in [0.4, 0.5) is 0 Å². The second-order valence-corrected chi connectivity index (χ2v) is 4.59. The summed E-state index contributed by atoms with van der Waals surface area (Å²) in [5.41, 5.74) is 1.16. The van der Waals surface area contributed by atoms with Gasteiger partial charge in [-0.25, -0.2) is 4.79 Å². The molecule has 0 amide bonds. The van der Waals surface area contributed by atoms with Gasteiger partial charge < -0.3 is 9.47 Å². The maximum Gasteiger partial charge on any atom is 0.330 e. The molecule has 0 unspecified atom stereocenters. The number of hydrogen-bond acceptors (Lipinski definition) is 3. The third-order valence-corrected chi connectivity index (χ3v) is 3.02. The third-order valence-electron chi connectivity index (χ3n) is 3.02. The number of ether oxygens (including phenoxy) is 2. The average molecular weight is 246 g/mol. The van der Waals surface area contributed by atoms with Crippen molar-refractivity contribution in [2.24, 2.45) is 5.92 Å². The van der Waals surface area contributed by atoms with Crippen molar-refractivity contribution in [3.05, 3.63) is 48.0 Å². The van der Waals surface area contributed by atoms with Crippen LogP contribution in [0, 0.1) is 5.92 Å². The van der Waals surface area contributed by atoms with E-state index in [0.29, 0.717) is 13.2 Å². The van der Waals surface area contributed by atoms with Crippen LogP contribution in [0.5, 0.6) is 0 Å². The highest BCUT2D eigenvalue weighted by molar-refractivity contribution is 5.82. The molecule has 0 saturated carbocycles. The monoisotopic (exact) mass is 246 g/mol. The first kappa shape index (κ1) is 12.8. The zero-order valence-corrected chi connectivity index (χ0v) is 10.5. The first-order chi connectivity index (χ1) is 8.75. The van der Waals surface area contributed by atoms with Crippen molar-refractivity contribution in [2.45, 2.75) is 26.1 Å². The lowest BCUT2D eigenvalue weighted by Crippen LogP contribution is -2.29. The quantitative estimate of drug-likeness (QED) is 0.749. The molecule has 0 N–H and O–H groups in total. The van der Waals surface area contributed by atoms with Gasteiger partial charge in [0.25, 0.3) is 0 Å². The van der Waals surface area contributed by atoms with E-state index in [-0.39, 0.29) is 18.0 Å². The van der Waals surface area contributed by atoms with Crippen molar-refractivity contribution in [3.63, 3.8) is 0 Å². The normalized spacial score (nSPS) is 20.5. The molecule has 0 saturated heterocycles. The predicted octanol–water partition coefficient (Wildman–Crippen LogP) is 2.71. The molecule has 0 aliphatic carbocycles. The van der Waals surface area contributed by atoms with Crippen molar-refractivity contribution in [3.8, 4) is 0 Å². The van der Waals surface area contributed by atoms with E-state index in [1.54, 1.807) is 0 Å². The number of hydrogen-bond donors (Lipinski definition) is 0. The van der Waals surface area contributed by atoms with E-state index in [1.165, 1.54) is 6.08 Å². The number of rotatable bonds is 5. The third kappa shape index (κ3) is 3.70. The van der Waals surface area contributed by atoms with Gasteiger partial charge in [-0.15, -0.1) is 0 Å². The smallest absolute Gasteiger partial charge is 0.330 e. The lowest BCUT2D eigenvalue weighted by molar-refractivity contribution is -0.147. The first-order valence-electron chi connectivity index (χ1n) is 6.24. The van der Waals surface area contributed by atoms with Gasteiger partial charge in [0.05, 0.1) is 13.2 Å². The summed E-state index contributed by atoms with van der Waals surface area (Å²) in [6.07, 6.45) is 4.07. The van der Waals surface area contributed by atoms with Gasteiger partial charge in [0.1, 0.15) is 6.10 Å². The topological polar surface area (TPSA) is 35.5 Å². The number of benzene rings is 1. The molecular formula is C15H18O3. The first-order valence-corrected chi connectivity index (χ1v) is 6.24. The maximum atomic E-state index is 11.1. The Balaban J connectivity index is 1.73. The zero-order valence-electron chi connectivity index (χ0n) is 10.5. The summed E-state index contributed by atoms with van der Waals surface area (Å²) in [5.74, 6) is -0.0382. The molecule has 0 fully saturated rings. The summed E-state index contributed by atoms with van der Waals surface area (Å²) in [7, 11) is 0. The van der Waals surface area contributed by atoms with Crippen LogP contribution in [0.3, 0.4) is 0 Å². The minimum Gasteiger partial charge on any atom is -0.459 e. The Hall–Kier alpha value is -1.61. The summed E-state index contributed by atoms with van der Waals surface area (Å²) < 4.78 is 10.9. The average Bonchev–Trinajstić information content (AvgIpc) is 2.40. The molecule has 0 aromatic heterocycles. The van der Waals surface area contributed by atoms with Crippen molar-refractivity contribution in [1.82, 2.24) is 0 Å². The highest BCUT2D eigenvalue weighted by Crippen LogP contribution is 2.17. The Morgan fingerprint density at radius 1 is 1.39 bits per heavy atom. The Labute approximate surface area is 107 Å². The van der Waals surface area contributed by atoms with Crippen molar-refractivity contribution in [2.75, 3.05) is 6.61 Å². The lowest BCUT2D eigenvalue weighted by atomic mass is 10.0. The van der Waals surface area contributed by atoms with Crippen LogP contribution in [0.15, 0.2) is 42.5 Å². The van der Waals surface area contributed by atoms with E-state index in [4.69, 9.17) is 9.47 Å². The van der Waals surface area contributed by atoms with E-state index in [1.807, 2.05) is 43.3 Å². The van der Waals surface area contributed by atoms with Gasteiger partial charge in [-0.2, -0.15) is 0 Å². The fraction of sp³-hybridized carbons (Fsp3) is 0.400. The minimum absolute atomic E-state index is 0.0572. The zero-order chi connectivity index (χ0) is 12.8. The highest BCUT2D eigenvalue weighted by atomic mass is 16.5. The summed E-state index contributed by atoms with van der Waals surface area (Å²) in [6, 6.07) is 10.0. The minimum atomic E-state index is -0.249. The Bertz CT molecular complexity index is 411. The largest absolute Gasteiger partial charge is 0.459 e. The molecular weight excluding hydrogens is 228 g/mol. The van der Waals surface area contributed by atoms with Crippen LogP contribution < -0.4 is 0 Å². The van der Waals surface area contributed by atoms with E-state index in [9.17, 15) is 4.79 Å². The SMILES string of the molecule is C[C@H](COCc1ccccc1)[C@@H]1CC=CC(=O)O1. The Kier molecular flexibility index (Phi) is 4.53. The fourth-order valence-electron chi connectivity index (χ4n) is 1.93. The summed E-state index contributed by atoms with van der Waals surface area (Å²) in [5, 5.41) is 0. The number of cyclic esters (lactones) is 1. The molecule has 3 nitrogen and oxygen atoms in total. The van der Waals surface area contributed by atoms with Crippen molar-refractivity contribution < 1.29 is 14.3 Å². The number of carbonyl (C=O) groups excluding carboxylic acids is 1. The molecule has 1 aromatic rings. The van der Waals surface area contributed by atoms with E-state index >= 15 is 0 Å². The van der Waals surface area contributed by atoms with E-state index in [0.717, 1.165) is 12.0 Å². The number of carbonyl (C=O) groups is 1. The van der Waals surface area contributed by atoms with Gasteiger partial charge in [0.2, 0.25) is 0 Å². The molecule has 0 radical (unpaired) electrons. The molecule has 96 valence electrons. The van der Waals surface area contributed by atoms with Crippen LogP contribution in [0.25, 0.3) is 0 Å². The Morgan fingerprint density at radius 2 is 2.17 bits per heavy atom. The van der Waals surface area contributed by atoms with E-state index < -0.39 is 0 Å². The van der Waals surface area contributed by atoms with Gasteiger partial charge in [0, 0.05) is 18.4 Å².